The fourth-order valence-electron chi connectivity index (χ4n) is 2.90. The van der Waals surface area contributed by atoms with Crippen LogP contribution in [-0.2, 0) is 17.8 Å². The van der Waals surface area contributed by atoms with Crippen molar-refractivity contribution >= 4 is 5.91 Å². The fourth-order valence-corrected chi connectivity index (χ4v) is 2.90. The normalized spacial score (nSPS) is 17.1. The maximum Gasteiger partial charge on any atom is 0.223 e. The van der Waals surface area contributed by atoms with E-state index in [0.29, 0.717) is 6.54 Å². The zero-order valence-corrected chi connectivity index (χ0v) is 13.3. The summed E-state index contributed by atoms with van der Waals surface area (Å²) in [5, 5.41) is 7.44. The fraction of sp³-hybridized carbons (Fsp3) is 0.368. The number of hydrogen-bond donors (Lipinski definition) is 1. The maximum absolute atomic E-state index is 12.1. The summed E-state index contributed by atoms with van der Waals surface area (Å²) in [4.78, 5) is 12.1. The van der Waals surface area contributed by atoms with E-state index in [0.717, 1.165) is 37.8 Å². The standard InChI is InChI=1S/C19H23N3O/c23-19(18-9-5-2-6-10-18)20-12-11-17-13-21-22(15-17)14-16-7-3-1-4-8-16/h1-5,7-8,13,15,18H,6,9-12,14H2,(H,20,23)/t18-/m1/s1. The topological polar surface area (TPSA) is 46.9 Å². The van der Waals surface area contributed by atoms with Crippen LogP contribution >= 0.6 is 0 Å². The predicted molar refractivity (Wildman–Crippen MR) is 91.0 cm³/mol. The second-order valence-electron chi connectivity index (χ2n) is 6.05. The van der Waals surface area contributed by atoms with Gasteiger partial charge in [-0.2, -0.15) is 5.10 Å². The first-order valence-corrected chi connectivity index (χ1v) is 8.29. The number of carbonyl (C=O) groups is 1. The average molecular weight is 309 g/mol. The van der Waals surface area contributed by atoms with E-state index in [1.807, 2.05) is 29.1 Å². The zero-order chi connectivity index (χ0) is 15.9. The average Bonchev–Trinajstić information content (AvgIpc) is 3.04. The maximum atomic E-state index is 12.1. The lowest BCUT2D eigenvalue weighted by Gasteiger charge is -2.16. The van der Waals surface area contributed by atoms with Gasteiger partial charge < -0.3 is 5.32 Å². The molecule has 1 N–H and O–H groups in total. The van der Waals surface area contributed by atoms with Gasteiger partial charge in [0.25, 0.3) is 0 Å². The van der Waals surface area contributed by atoms with E-state index in [2.05, 4.69) is 40.9 Å². The van der Waals surface area contributed by atoms with Crippen molar-refractivity contribution in [1.29, 1.82) is 0 Å². The number of nitrogens with one attached hydrogen (secondary N) is 1. The van der Waals surface area contributed by atoms with Crippen molar-refractivity contribution in [3.05, 3.63) is 66.0 Å². The minimum atomic E-state index is 0.154. The number of amides is 1. The highest BCUT2D eigenvalue weighted by atomic mass is 16.1. The Labute approximate surface area is 137 Å². The Balaban J connectivity index is 1.44. The zero-order valence-electron chi connectivity index (χ0n) is 13.3. The van der Waals surface area contributed by atoms with Crippen LogP contribution < -0.4 is 5.32 Å². The molecule has 1 aromatic heterocycles. The van der Waals surface area contributed by atoms with Gasteiger partial charge in [-0.15, -0.1) is 0 Å². The van der Waals surface area contributed by atoms with Gasteiger partial charge in [0.2, 0.25) is 5.91 Å². The van der Waals surface area contributed by atoms with E-state index in [1.54, 1.807) is 0 Å². The van der Waals surface area contributed by atoms with Crippen molar-refractivity contribution in [1.82, 2.24) is 15.1 Å². The highest BCUT2D eigenvalue weighted by Crippen LogP contribution is 2.17. The highest BCUT2D eigenvalue weighted by Gasteiger charge is 2.17. The van der Waals surface area contributed by atoms with E-state index in [4.69, 9.17) is 0 Å². The van der Waals surface area contributed by atoms with Gasteiger partial charge in [-0.05, 0) is 36.8 Å². The molecular formula is C19H23N3O. The van der Waals surface area contributed by atoms with Crippen LogP contribution in [0.1, 0.15) is 30.4 Å². The molecule has 0 fully saturated rings. The minimum absolute atomic E-state index is 0.154. The van der Waals surface area contributed by atoms with E-state index >= 15 is 0 Å². The molecular weight excluding hydrogens is 286 g/mol. The molecule has 1 aliphatic rings. The first-order valence-electron chi connectivity index (χ1n) is 8.29. The Kier molecular flexibility index (Phi) is 5.25. The van der Waals surface area contributed by atoms with Crippen LogP contribution in [0.2, 0.25) is 0 Å². The summed E-state index contributed by atoms with van der Waals surface area (Å²) in [7, 11) is 0. The van der Waals surface area contributed by atoms with Gasteiger partial charge in [-0.3, -0.25) is 9.48 Å². The number of nitrogens with zero attached hydrogens (tertiary/aromatic N) is 2. The molecule has 0 unspecified atom stereocenters. The van der Waals surface area contributed by atoms with Gasteiger partial charge in [0.15, 0.2) is 0 Å². The number of carbonyl (C=O) groups excluding carboxylic acids is 1. The SMILES string of the molecule is O=C(NCCc1cnn(Cc2ccccc2)c1)[C@@H]1CC=CCC1. The van der Waals surface area contributed by atoms with Crippen molar-refractivity contribution in [2.45, 2.75) is 32.2 Å². The molecule has 1 heterocycles. The summed E-state index contributed by atoms with van der Waals surface area (Å²) >= 11 is 0. The van der Waals surface area contributed by atoms with Crippen molar-refractivity contribution in [2.75, 3.05) is 6.54 Å². The van der Waals surface area contributed by atoms with Crippen LogP contribution in [0.5, 0.6) is 0 Å². The van der Waals surface area contributed by atoms with Crippen LogP contribution in [0, 0.1) is 5.92 Å². The molecule has 0 spiro atoms. The second-order valence-corrected chi connectivity index (χ2v) is 6.05. The van der Waals surface area contributed by atoms with Crippen LogP contribution in [0.15, 0.2) is 54.9 Å². The molecule has 120 valence electrons. The van der Waals surface area contributed by atoms with Gasteiger partial charge in [0.05, 0.1) is 12.7 Å². The molecule has 2 aromatic rings. The van der Waals surface area contributed by atoms with Crippen molar-refractivity contribution in [3.8, 4) is 0 Å². The molecule has 23 heavy (non-hydrogen) atoms. The van der Waals surface area contributed by atoms with Gasteiger partial charge in [-0.25, -0.2) is 0 Å². The lowest BCUT2D eigenvalue weighted by atomic mass is 9.94. The first-order chi connectivity index (χ1) is 11.3. The largest absolute Gasteiger partial charge is 0.356 e. The molecule has 0 aliphatic heterocycles. The third-order valence-electron chi connectivity index (χ3n) is 4.23. The summed E-state index contributed by atoms with van der Waals surface area (Å²) in [5.74, 6) is 0.340. The van der Waals surface area contributed by atoms with Crippen LogP contribution in [0.3, 0.4) is 0 Å². The smallest absolute Gasteiger partial charge is 0.223 e. The highest BCUT2D eigenvalue weighted by molar-refractivity contribution is 5.78. The molecule has 1 amide bonds. The van der Waals surface area contributed by atoms with Crippen molar-refractivity contribution < 1.29 is 4.79 Å². The first kappa shape index (κ1) is 15.5. The van der Waals surface area contributed by atoms with Crippen LogP contribution in [-0.4, -0.2) is 22.2 Å². The van der Waals surface area contributed by atoms with Crippen molar-refractivity contribution in [3.63, 3.8) is 0 Å². The van der Waals surface area contributed by atoms with Crippen molar-refractivity contribution in [2.24, 2.45) is 5.92 Å². The molecule has 3 rings (SSSR count). The predicted octanol–water partition coefficient (Wildman–Crippen LogP) is 2.95. The summed E-state index contributed by atoms with van der Waals surface area (Å²) in [6.45, 7) is 1.46. The Bertz CT molecular complexity index is 660. The summed E-state index contributed by atoms with van der Waals surface area (Å²) in [5.41, 5.74) is 2.39. The molecule has 1 atom stereocenters. The van der Waals surface area contributed by atoms with E-state index < -0.39 is 0 Å². The van der Waals surface area contributed by atoms with Gasteiger partial charge in [-0.1, -0.05) is 42.5 Å². The van der Waals surface area contributed by atoms with E-state index in [9.17, 15) is 4.79 Å². The molecule has 0 radical (unpaired) electrons. The number of allylic oxidation sites excluding steroid dienone is 2. The van der Waals surface area contributed by atoms with Gasteiger partial charge in [0, 0.05) is 18.7 Å². The molecule has 4 nitrogen and oxygen atoms in total. The lowest BCUT2D eigenvalue weighted by molar-refractivity contribution is -0.125. The third-order valence-corrected chi connectivity index (χ3v) is 4.23. The molecule has 1 aromatic carbocycles. The number of aromatic nitrogens is 2. The number of benzene rings is 1. The molecule has 0 saturated carbocycles. The Morgan fingerprint density at radius 2 is 2.09 bits per heavy atom. The molecule has 0 bridgehead atoms. The summed E-state index contributed by atoms with van der Waals surface area (Å²) in [6.07, 6.45) is 11.9. The summed E-state index contributed by atoms with van der Waals surface area (Å²) in [6, 6.07) is 10.3. The Morgan fingerprint density at radius 3 is 2.87 bits per heavy atom. The third kappa shape index (κ3) is 4.55. The molecule has 4 heteroatoms. The lowest BCUT2D eigenvalue weighted by Crippen LogP contribution is -2.32. The van der Waals surface area contributed by atoms with Gasteiger partial charge >= 0.3 is 0 Å². The van der Waals surface area contributed by atoms with Crippen LogP contribution in [0.4, 0.5) is 0 Å². The number of rotatable bonds is 6. The van der Waals surface area contributed by atoms with E-state index in [-0.39, 0.29) is 11.8 Å². The van der Waals surface area contributed by atoms with Crippen LogP contribution in [0.25, 0.3) is 0 Å². The molecule has 1 aliphatic carbocycles. The summed E-state index contributed by atoms with van der Waals surface area (Å²) < 4.78 is 1.94. The Hall–Kier alpha value is -2.36. The van der Waals surface area contributed by atoms with E-state index in [1.165, 1.54) is 5.56 Å². The minimum Gasteiger partial charge on any atom is -0.356 e. The monoisotopic (exact) mass is 309 g/mol. The second kappa shape index (κ2) is 7.77. The molecule has 0 saturated heterocycles. The quantitative estimate of drug-likeness (QED) is 0.834. The Morgan fingerprint density at radius 1 is 1.22 bits per heavy atom. The number of hydrogen-bond acceptors (Lipinski definition) is 2. The van der Waals surface area contributed by atoms with Gasteiger partial charge in [0.1, 0.15) is 0 Å².